The van der Waals surface area contributed by atoms with E-state index in [0.717, 1.165) is 12.8 Å². The minimum atomic E-state index is -0.972. The maximum atomic E-state index is 10.5. The van der Waals surface area contributed by atoms with Crippen molar-refractivity contribution in [1.29, 1.82) is 0 Å². The quantitative estimate of drug-likeness (QED) is 0.139. The second-order valence-electron chi connectivity index (χ2n) is 5.87. The van der Waals surface area contributed by atoms with E-state index < -0.39 is 21.8 Å². The number of hydrogen-bond acceptors (Lipinski definition) is 1. The fourth-order valence-corrected chi connectivity index (χ4v) is 2.37. The van der Waals surface area contributed by atoms with Crippen molar-refractivity contribution in [3.8, 4) is 0 Å². The van der Waals surface area contributed by atoms with Crippen molar-refractivity contribution in [3.63, 3.8) is 0 Å². The molecule has 23 heavy (non-hydrogen) atoms. The van der Waals surface area contributed by atoms with E-state index >= 15 is 0 Å². The Morgan fingerprint density at radius 2 is 1.22 bits per heavy atom. The van der Waals surface area contributed by atoms with Gasteiger partial charge >= 0.3 is 38.4 Å². The number of rotatable bonds is 15. The number of unbranched alkanes of at least 4 members (excludes halogenated alkanes) is 11. The van der Waals surface area contributed by atoms with Gasteiger partial charge in [0.25, 0.3) is 0 Å². The van der Waals surface area contributed by atoms with E-state index in [2.05, 4.69) is 19.1 Å². The van der Waals surface area contributed by atoms with Crippen molar-refractivity contribution in [2.45, 2.75) is 96.8 Å². The SMILES string of the molecule is CCCCCCCC/C=C\CCCCCCCC(N)=O.[Cl][Pb][Cl]. The molecule has 0 aromatic rings. The number of nitrogens with two attached hydrogens (primary N) is 1. The van der Waals surface area contributed by atoms with Crippen molar-refractivity contribution < 1.29 is 4.79 Å². The number of primary amides is 1. The summed E-state index contributed by atoms with van der Waals surface area (Å²) in [6.07, 6.45) is 21.9. The van der Waals surface area contributed by atoms with Gasteiger partial charge in [0.2, 0.25) is 5.91 Å². The molecule has 136 valence electrons. The van der Waals surface area contributed by atoms with E-state index in [-0.39, 0.29) is 5.91 Å². The van der Waals surface area contributed by atoms with Crippen LogP contribution in [0.2, 0.25) is 0 Å². The first kappa shape index (κ1) is 25.9. The van der Waals surface area contributed by atoms with Gasteiger partial charge in [-0.3, -0.25) is 4.79 Å². The zero-order valence-electron chi connectivity index (χ0n) is 14.8. The van der Waals surface area contributed by atoms with Crippen molar-refractivity contribution >= 4 is 44.3 Å². The molecule has 0 saturated heterocycles. The zero-order chi connectivity index (χ0) is 17.6. The minimum absolute atomic E-state index is 0.164. The fourth-order valence-electron chi connectivity index (χ4n) is 2.37. The Labute approximate surface area is 163 Å². The van der Waals surface area contributed by atoms with E-state index in [1.807, 2.05) is 0 Å². The Balaban J connectivity index is 0. The molecule has 0 unspecified atom stereocenters. The molecule has 0 heterocycles. The monoisotopic (exact) mass is 559 g/mol. The van der Waals surface area contributed by atoms with Gasteiger partial charge in [0.15, 0.2) is 0 Å². The first-order valence-corrected chi connectivity index (χ1v) is 18.7. The van der Waals surface area contributed by atoms with E-state index in [4.69, 9.17) is 22.4 Å². The Morgan fingerprint density at radius 1 is 0.826 bits per heavy atom. The average molecular weight is 560 g/mol. The van der Waals surface area contributed by atoms with Gasteiger partial charge < -0.3 is 5.73 Å². The summed E-state index contributed by atoms with van der Waals surface area (Å²) in [4.78, 5) is 10.5. The number of carbonyl (C=O) groups is 1. The molecule has 0 spiro atoms. The third kappa shape index (κ3) is 31.1. The Hall–Kier alpha value is 0.712. The Kier molecular flexibility index (Phi) is 28.2. The van der Waals surface area contributed by atoms with Gasteiger partial charge in [-0.05, 0) is 32.1 Å². The van der Waals surface area contributed by atoms with Crippen LogP contribution in [-0.4, -0.2) is 27.7 Å². The number of halogens is 2. The van der Waals surface area contributed by atoms with Gasteiger partial charge in [0, 0.05) is 6.42 Å². The molecule has 0 aliphatic heterocycles. The molecular weight excluding hydrogens is 524 g/mol. The Morgan fingerprint density at radius 3 is 1.65 bits per heavy atom. The third-order valence-corrected chi connectivity index (χ3v) is 3.68. The van der Waals surface area contributed by atoms with Crippen LogP contribution in [0, 0.1) is 0 Å². The van der Waals surface area contributed by atoms with E-state index in [1.54, 1.807) is 0 Å². The Bertz CT molecular complexity index is 263. The molecule has 2 N–H and O–H groups in total. The summed E-state index contributed by atoms with van der Waals surface area (Å²) in [7, 11) is 9.92. The molecule has 5 heteroatoms. The molecular formula is C18H35Cl2NOPb. The van der Waals surface area contributed by atoms with E-state index in [1.165, 1.54) is 70.6 Å². The molecule has 0 rings (SSSR count). The zero-order valence-corrected chi connectivity index (χ0v) is 20.2. The van der Waals surface area contributed by atoms with Gasteiger partial charge in [-0.2, -0.15) is 0 Å². The first-order chi connectivity index (χ1) is 11.2. The van der Waals surface area contributed by atoms with Crippen molar-refractivity contribution in [2.24, 2.45) is 5.73 Å². The van der Waals surface area contributed by atoms with Gasteiger partial charge in [0.1, 0.15) is 0 Å². The van der Waals surface area contributed by atoms with Crippen LogP contribution in [0.5, 0.6) is 0 Å². The number of allylic oxidation sites excluding steroid dienone is 2. The van der Waals surface area contributed by atoms with Crippen molar-refractivity contribution in [3.05, 3.63) is 12.2 Å². The molecule has 1 amide bonds. The van der Waals surface area contributed by atoms with Crippen LogP contribution >= 0.6 is 16.6 Å². The average Bonchev–Trinajstić information content (AvgIpc) is 2.51. The molecule has 0 fully saturated rings. The summed E-state index contributed by atoms with van der Waals surface area (Å²) in [5.74, 6) is -0.164. The number of carbonyl (C=O) groups excluding carboxylic acids is 1. The standard InChI is InChI=1S/C18H35NO.2ClH.Pb/c1-2-3-4-5-6-7-8-9-10-11-12-13-14-15-16-17-18(19)20;;;/h9-10H,2-8,11-17H2,1H3,(H2,19,20);2*1H;/q;;;+2/p-2/b10-9-;;;. The predicted molar refractivity (Wildman–Crippen MR) is 106 cm³/mol. The van der Waals surface area contributed by atoms with Crippen LogP contribution < -0.4 is 5.73 Å². The fraction of sp³-hybridized carbons (Fsp3) is 0.833. The molecule has 0 aliphatic rings. The number of amides is 1. The summed E-state index contributed by atoms with van der Waals surface area (Å²) in [6.45, 7) is 2.26. The van der Waals surface area contributed by atoms with Crippen LogP contribution in [0.15, 0.2) is 12.2 Å². The van der Waals surface area contributed by atoms with Gasteiger partial charge in [-0.15, -0.1) is 0 Å². The van der Waals surface area contributed by atoms with Gasteiger partial charge in [-0.1, -0.05) is 70.4 Å². The third-order valence-electron chi connectivity index (χ3n) is 3.68. The summed E-state index contributed by atoms with van der Waals surface area (Å²) in [6, 6.07) is 0. The molecule has 0 aromatic carbocycles. The van der Waals surface area contributed by atoms with Crippen LogP contribution in [-0.2, 0) is 4.79 Å². The van der Waals surface area contributed by atoms with E-state index in [0.29, 0.717) is 6.42 Å². The van der Waals surface area contributed by atoms with Crippen LogP contribution in [0.1, 0.15) is 96.8 Å². The molecule has 0 atom stereocenters. The topological polar surface area (TPSA) is 43.1 Å². The molecule has 0 saturated carbocycles. The molecule has 0 bridgehead atoms. The van der Waals surface area contributed by atoms with Crippen molar-refractivity contribution in [2.75, 3.05) is 0 Å². The normalized spacial score (nSPS) is 10.6. The number of hydrogen-bond donors (Lipinski definition) is 1. The van der Waals surface area contributed by atoms with Gasteiger partial charge in [0.05, 0.1) is 0 Å². The molecule has 2 radical (unpaired) electrons. The van der Waals surface area contributed by atoms with Gasteiger partial charge in [-0.25, -0.2) is 0 Å². The maximum absolute atomic E-state index is 10.5. The van der Waals surface area contributed by atoms with E-state index in [9.17, 15) is 4.79 Å². The second kappa shape index (κ2) is 25.0. The molecule has 0 aliphatic carbocycles. The summed E-state index contributed by atoms with van der Waals surface area (Å²) < 4.78 is 0. The van der Waals surface area contributed by atoms with Crippen LogP contribution in [0.25, 0.3) is 0 Å². The summed E-state index contributed by atoms with van der Waals surface area (Å²) >= 11 is -0.972. The second-order valence-corrected chi connectivity index (χ2v) is 11.4. The summed E-state index contributed by atoms with van der Waals surface area (Å²) in [5.41, 5.74) is 5.10. The molecule has 0 aromatic heterocycles. The van der Waals surface area contributed by atoms with Crippen molar-refractivity contribution in [1.82, 2.24) is 0 Å². The first-order valence-electron chi connectivity index (χ1n) is 9.08. The molecule has 2 nitrogen and oxygen atoms in total. The summed E-state index contributed by atoms with van der Waals surface area (Å²) in [5, 5.41) is 0. The van der Waals surface area contributed by atoms with Crippen LogP contribution in [0.3, 0.4) is 0 Å². The van der Waals surface area contributed by atoms with Crippen LogP contribution in [0.4, 0.5) is 0 Å². The predicted octanol–water partition coefficient (Wildman–Crippen LogP) is 6.51.